The number of rotatable bonds is 2. The summed E-state index contributed by atoms with van der Waals surface area (Å²) >= 11 is 0. The quantitative estimate of drug-likeness (QED) is 0.774. The molecular weight excluding hydrogens is 208 g/mol. The van der Waals surface area contributed by atoms with Crippen LogP contribution < -0.4 is 4.90 Å². The maximum Gasteiger partial charge on any atom is 0.0994 e. The number of nitrogens with zero attached hydrogens (tertiary/aromatic N) is 2. The molecule has 0 spiro atoms. The summed E-state index contributed by atoms with van der Waals surface area (Å²) in [4.78, 5) is 2.27. The summed E-state index contributed by atoms with van der Waals surface area (Å²) in [5.74, 6) is 0. The third kappa shape index (κ3) is 3.00. The zero-order valence-electron chi connectivity index (χ0n) is 11.7. The van der Waals surface area contributed by atoms with Crippen molar-refractivity contribution < 1.29 is 0 Å². The third-order valence-electron chi connectivity index (χ3n) is 3.57. The average Bonchev–Trinajstić information content (AvgIpc) is 2.25. The molecule has 0 saturated carbocycles. The van der Waals surface area contributed by atoms with Crippen LogP contribution >= 0.6 is 0 Å². The van der Waals surface area contributed by atoms with Gasteiger partial charge in [-0.15, -0.1) is 0 Å². The second-order valence-corrected chi connectivity index (χ2v) is 5.76. The minimum absolute atomic E-state index is 0.233. The van der Waals surface area contributed by atoms with Crippen molar-refractivity contribution in [3.8, 4) is 6.07 Å². The van der Waals surface area contributed by atoms with Crippen molar-refractivity contribution in [3.63, 3.8) is 0 Å². The van der Waals surface area contributed by atoms with E-state index in [-0.39, 0.29) is 5.41 Å². The molecule has 1 aromatic carbocycles. The molecule has 0 aromatic heterocycles. The Balaban J connectivity index is 3.02. The second-order valence-electron chi connectivity index (χ2n) is 5.76. The van der Waals surface area contributed by atoms with E-state index in [2.05, 4.69) is 51.8 Å². The van der Waals surface area contributed by atoms with E-state index in [9.17, 15) is 0 Å². The molecule has 0 saturated heterocycles. The third-order valence-corrected chi connectivity index (χ3v) is 3.57. The van der Waals surface area contributed by atoms with Crippen molar-refractivity contribution in [1.82, 2.24) is 0 Å². The van der Waals surface area contributed by atoms with Crippen molar-refractivity contribution in [2.24, 2.45) is 5.41 Å². The second kappa shape index (κ2) is 4.79. The molecule has 2 nitrogen and oxygen atoms in total. The molecular formula is C15H22N2. The van der Waals surface area contributed by atoms with Crippen molar-refractivity contribution in [2.45, 2.75) is 40.7 Å². The molecule has 0 fully saturated rings. The lowest BCUT2D eigenvalue weighted by atomic mass is 9.87. The van der Waals surface area contributed by atoms with E-state index in [1.165, 1.54) is 5.69 Å². The molecule has 0 aliphatic carbocycles. The molecule has 1 atom stereocenters. The van der Waals surface area contributed by atoms with Gasteiger partial charge in [0.1, 0.15) is 0 Å². The number of hydrogen-bond donors (Lipinski definition) is 0. The smallest absolute Gasteiger partial charge is 0.0994 e. The zero-order chi connectivity index (χ0) is 13.2. The van der Waals surface area contributed by atoms with E-state index in [0.29, 0.717) is 6.04 Å². The van der Waals surface area contributed by atoms with E-state index in [1.54, 1.807) is 0 Å². The summed E-state index contributed by atoms with van der Waals surface area (Å²) in [7, 11) is 2.11. The zero-order valence-corrected chi connectivity index (χ0v) is 11.7. The Hall–Kier alpha value is -1.49. The first kappa shape index (κ1) is 13.6. The highest BCUT2D eigenvalue weighted by Gasteiger charge is 2.24. The molecule has 0 heterocycles. The van der Waals surface area contributed by atoms with Crippen LogP contribution in [0, 0.1) is 23.7 Å². The van der Waals surface area contributed by atoms with Gasteiger partial charge in [-0.2, -0.15) is 5.26 Å². The van der Waals surface area contributed by atoms with Crippen molar-refractivity contribution in [3.05, 3.63) is 29.3 Å². The lowest BCUT2D eigenvalue weighted by Gasteiger charge is -2.37. The molecule has 17 heavy (non-hydrogen) atoms. The fourth-order valence-electron chi connectivity index (χ4n) is 1.80. The van der Waals surface area contributed by atoms with Crippen LogP contribution in [0.4, 0.5) is 5.69 Å². The van der Waals surface area contributed by atoms with Gasteiger partial charge in [0.05, 0.1) is 11.6 Å². The minimum Gasteiger partial charge on any atom is -0.371 e. The summed E-state index contributed by atoms with van der Waals surface area (Å²) in [6.45, 7) is 10.9. The molecule has 0 aliphatic rings. The maximum absolute atomic E-state index is 8.92. The Kier molecular flexibility index (Phi) is 3.83. The van der Waals surface area contributed by atoms with Crippen LogP contribution in [0.15, 0.2) is 18.2 Å². The molecule has 0 amide bonds. The molecule has 0 radical (unpaired) electrons. The SMILES string of the molecule is Cc1cc(N(C)C(C)C(C)(C)C)ccc1C#N. The summed E-state index contributed by atoms with van der Waals surface area (Å²) in [5, 5.41) is 8.92. The largest absolute Gasteiger partial charge is 0.371 e. The molecule has 92 valence electrons. The predicted molar refractivity (Wildman–Crippen MR) is 73.2 cm³/mol. The van der Waals surface area contributed by atoms with Gasteiger partial charge in [-0.25, -0.2) is 0 Å². The van der Waals surface area contributed by atoms with Gasteiger partial charge >= 0.3 is 0 Å². The summed E-state index contributed by atoms with van der Waals surface area (Å²) < 4.78 is 0. The van der Waals surface area contributed by atoms with Gasteiger partial charge in [0.15, 0.2) is 0 Å². The molecule has 1 rings (SSSR count). The number of anilines is 1. The molecule has 0 aliphatic heterocycles. The molecule has 0 bridgehead atoms. The summed E-state index contributed by atoms with van der Waals surface area (Å²) in [6, 6.07) is 8.65. The minimum atomic E-state index is 0.233. The topological polar surface area (TPSA) is 27.0 Å². The first-order valence-electron chi connectivity index (χ1n) is 6.01. The Labute approximate surface area is 105 Å². The molecule has 1 unspecified atom stereocenters. The Morgan fingerprint density at radius 3 is 2.29 bits per heavy atom. The van der Waals surface area contributed by atoms with Crippen molar-refractivity contribution in [1.29, 1.82) is 5.26 Å². The van der Waals surface area contributed by atoms with Crippen LogP contribution in [-0.4, -0.2) is 13.1 Å². The predicted octanol–water partition coefficient (Wildman–Crippen LogP) is 3.74. The highest BCUT2D eigenvalue weighted by molar-refractivity contribution is 5.53. The Morgan fingerprint density at radius 1 is 1.29 bits per heavy atom. The van der Waals surface area contributed by atoms with Gasteiger partial charge in [-0.3, -0.25) is 0 Å². The number of aryl methyl sites for hydroxylation is 1. The number of hydrogen-bond acceptors (Lipinski definition) is 2. The first-order chi connectivity index (χ1) is 7.77. The van der Waals surface area contributed by atoms with Gasteiger partial charge < -0.3 is 4.90 Å². The Bertz CT molecular complexity index is 435. The van der Waals surface area contributed by atoms with E-state index in [1.807, 2.05) is 19.1 Å². The molecule has 0 N–H and O–H groups in total. The van der Waals surface area contributed by atoms with E-state index < -0.39 is 0 Å². The van der Waals surface area contributed by atoms with Crippen LogP contribution in [0.1, 0.15) is 38.8 Å². The monoisotopic (exact) mass is 230 g/mol. The van der Waals surface area contributed by atoms with Crippen LogP contribution in [0.3, 0.4) is 0 Å². The van der Waals surface area contributed by atoms with Crippen LogP contribution in [0.5, 0.6) is 0 Å². The van der Waals surface area contributed by atoms with E-state index in [0.717, 1.165) is 11.1 Å². The average molecular weight is 230 g/mol. The Morgan fingerprint density at radius 2 is 1.88 bits per heavy atom. The molecule has 2 heteroatoms. The number of nitriles is 1. The summed E-state index contributed by atoms with van der Waals surface area (Å²) in [6.07, 6.45) is 0. The van der Waals surface area contributed by atoms with Crippen molar-refractivity contribution >= 4 is 5.69 Å². The molecule has 1 aromatic rings. The van der Waals surface area contributed by atoms with Crippen LogP contribution in [-0.2, 0) is 0 Å². The fourth-order valence-corrected chi connectivity index (χ4v) is 1.80. The van der Waals surface area contributed by atoms with E-state index in [4.69, 9.17) is 5.26 Å². The highest BCUT2D eigenvalue weighted by Crippen LogP contribution is 2.28. The van der Waals surface area contributed by atoms with Gasteiger partial charge in [-0.05, 0) is 43.0 Å². The lowest BCUT2D eigenvalue weighted by molar-refractivity contribution is 0.330. The number of benzene rings is 1. The standard InChI is InChI=1S/C15H22N2/c1-11-9-14(8-7-13(11)10-16)17(6)12(2)15(3,4)5/h7-9,12H,1-6H3. The maximum atomic E-state index is 8.92. The summed E-state index contributed by atoms with van der Waals surface area (Å²) in [5.41, 5.74) is 3.20. The van der Waals surface area contributed by atoms with Gasteiger partial charge in [0.2, 0.25) is 0 Å². The fraction of sp³-hybridized carbons (Fsp3) is 0.533. The van der Waals surface area contributed by atoms with E-state index >= 15 is 0 Å². The van der Waals surface area contributed by atoms with Crippen LogP contribution in [0.25, 0.3) is 0 Å². The highest BCUT2D eigenvalue weighted by atomic mass is 15.1. The lowest BCUT2D eigenvalue weighted by Crippen LogP contribution is -2.39. The van der Waals surface area contributed by atoms with Gasteiger partial charge in [0.25, 0.3) is 0 Å². The van der Waals surface area contributed by atoms with Gasteiger partial charge in [-0.1, -0.05) is 20.8 Å². The van der Waals surface area contributed by atoms with Crippen LogP contribution in [0.2, 0.25) is 0 Å². The van der Waals surface area contributed by atoms with Gasteiger partial charge in [0, 0.05) is 18.8 Å². The first-order valence-corrected chi connectivity index (χ1v) is 6.01. The van der Waals surface area contributed by atoms with Crippen molar-refractivity contribution in [2.75, 3.05) is 11.9 Å². The normalized spacial score (nSPS) is 13.0.